The molecule has 0 radical (unpaired) electrons. The van der Waals surface area contributed by atoms with Gasteiger partial charge in [0.05, 0.1) is 0 Å². The van der Waals surface area contributed by atoms with Gasteiger partial charge in [0, 0.05) is 0 Å². The van der Waals surface area contributed by atoms with Crippen molar-refractivity contribution in [3.05, 3.63) is 24.3 Å². The zero-order valence-corrected chi connectivity index (χ0v) is 8.60. The van der Waals surface area contributed by atoms with Crippen molar-refractivity contribution in [2.45, 2.75) is 52.4 Å². The summed E-state index contributed by atoms with van der Waals surface area (Å²) in [6.45, 7) is 8.21. The summed E-state index contributed by atoms with van der Waals surface area (Å²) in [5.74, 6) is 0. The molecule has 0 aliphatic heterocycles. The van der Waals surface area contributed by atoms with E-state index in [2.05, 4.69) is 26.5 Å². The molecular weight excluding hydrogens is 144 g/mol. The van der Waals surface area contributed by atoms with Crippen LogP contribution in [0.25, 0.3) is 0 Å². The Labute approximate surface area is 77.4 Å². The summed E-state index contributed by atoms with van der Waals surface area (Å²) in [7, 11) is 0. The van der Waals surface area contributed by atoms with Crippen LogP contribution in [0.1, 0.15) is 52.4 Å². The topological polar surface area (TPSA) is 0 Å². The summed E-state index contributed by atoms with van der Waals surface area (Å²) in [6.07, 6.45) is 12.1. The fourth-order valence-electron chi connectivity index (χ4n) is 1.23. The smallest absolute Gasteiger partial charge is 0.0311 e. The van der Waals surface area contributed by atoms with Crippen LogP contribution in [0, 0.1) is 0 Å². The zero-order chi connectivity index (χ0) is 9.23. The highest BCUT2D eigenvalue weighted by Crippen LogP contribution is 2.07. The Morgan fingerprint density at radius 1 is 1.17 bits per heavy atom. The highest BCUT2D eigenvalue weighted by molar-refractivity contribution is 5.14. The van der Waals surface area contributed by atoms with E-state index in [0.29, 0.717) is 0 Å². The number of hydrogen-bond donors (Lipinski definition) is 0. The van der Waals surface area contributed by atoms with E-state index in [0.717, 1.165) is 6.42 Å². The molecule has 0 rings (SSSR count). The van der Waals surface area contributed by atoms with Gasteiger partial charge in [-0.1, -0.05) is 57.4 Å². The van der Waals surface area contributed by atoms with Crippen LogP contribution in [0.3, 0.4) is 0 Å². The molecule has 0 saturated carbocycles. The molecule has 0 fully saturated rings. The fourth-order valence-corrected chi connectivity index (χ4v) is 1.23. The Hall–Kier alpha value is -0.520. The zero-order valence-electron chi connectivity index (χ0n) is 8.60. The van der Waals surface area contributed by atoms with Crippen LogP contribution in [-0.2, 0) is 0 Å². The molecule has 0 atom stereocenters. The number of unbranched alkanes of at least 4 members (excludes halogenated alkanes) is 4. The van der Waals surface area contributed by atoms with Gasteiger partial charge in [0.25, 0.3) is 0 Å². The van der Waals surface area contributed by atoms with Gasteiger partial charge in [-0.15, -0.1) is 0 Å². The molecule has 0 nitrogen and oxygen atoms in total. The molecule has 0 aliphatic rings. The lowest BCUT2D eigenvalue weighted by Gasteiger charge is -1.97. The molecule has 0 amide bonds. The minimum absolute atomic E-state index is 1.12. The van der Waals surface area contributed by atoms with E-state index in [1.165, 1.54) is 37.7 Å². The summed E-state index contributed by atoms with van der Waals surface area (Å²) < 4.78 is 0. The van der Waals surface area contributed by atoms with Gasteiger partial charge in [-0.25, -0.2) is 0 Å². The maximum Gasteiger partial charge on any atom is -0.0311 e. The van der Waals surface area contributed by atoms with E-state index in [-0.39, 0.29) is 0 Å². The monoisotopic (exact) mass is 166 g/mol. The van der Waals surface area contributed by atoms with Crippen LogP contribution in [-0.4, -0.2) is 0 Å². The molecular formula is C12H22. The molecule has 0 spiro atoms. The Balaban J connectivity index is 3.37. The van der Waals surface area contributed by atoms with E-state index >= 15 is 0 Å². The second-order valence-electron chi connectivity index (χ2n) is 3.19. The van der Waals surface area contributed by atoms with Crippen molar-refractivity contribution in [2.75, 3.05) is 0 Å². The Morgan fingerprint density at radius 3 is 2.42 bits per heavy atom. The summed E-state index contributed by atoms with van der Waals surface area (Å²) in [5, 5.41) is 0. The molecule has 0 aliphatic carbocycles. The largest absolute Gasteiger partial charge is 0.0988 e. The lowest BCUT2D eigenvalue weighted by Crippen LogP contribution is -1.77. The molecule has 0 bridgehead atoms. The third kappa shape index (κ3) is 6.21. The van der Waals surface area contributed by atoms with Gasteiger partial charge >= 0.3 is 0 Å². The summed E-state index contributed by atoms with van der Waals surface area (Å²) in [5.41, 5.74) is 1.39. The lowest BCUT2D eigenvalue weighted by molar-refractivity contribution is 0.673. The third-order valence-corrected chi connectivity index (χ3v) is 2.13. The van der Waals surface area contributed by atoms with Gasteiger partial charge in [-0.05, 0) is 19.3 Å². The highest BCUT2D eigenvalue weighted by atomic mass is 13.9. The highest BCUT2D eigenvalue weighted by Gasteiger charge is 1.87. The van der Waals surface area contributed by atoms with Crippen LogP contribution in [0.4, 0.5) is 0 Å². The predicted octanol–water partition coefficient (Wildman–Crippen LogP) is 4.48. The van der Waals surface area contributed by atoms with Crippen molar-refractivity contribution >= 4 is 0 Å². The summed E-state index contributed by atoms with van der Waals surface area (Å²) in [6, 6.07) is 0. The van der Waals surface area contributed by atoms with Crippen molar-refractivity contribution in [1.29, 1.82) is 0 Å². The molecule has 0 heteroatoms. The first-order valence-corrected chi connectivity index (χ1v) is 5.16. The lowest BCUT2D eigenvalue weighted by atomic mass is 10.1. The first-order valence-electron chi connectivity index (χ1n) is 5.16. The van der Waals surface area contributed by atoms with Gasteiger partial charge in [-0.2, -0.15) is 0 Å². The molecule has 0 saturated heterocycles. The van der Waals surface area contributed by atoms with Crippen LogP contribution < -0.4 is 0 Å². The minimum atomic E-state index is 1.12. The maximum atomic E-state index is 3.78. The van der Waals surface area contributed by atoms with E-state index in [1.54, 1.807) is 0 Å². The first kappa shape index (κ1) is 11.5. The average Bonchev–Trinajstić information content (AvgIpc) is 2.11. The van der Waals surface area contributed by atoms with E-state index < -0.39 is 0 Å². The van der Waals surface area contributed by atoms with Crippen molar-refractivity contribution in [2.24, 2.45) is 0 Å². The quantitative estimate of drug-likeness (QED) is 0.386. The van der Waals surface area contributed by atoms with Crippen molar-refractivity contribution in [3.8, 4) is 0 Å². The average molecular weight is 166 g/mol. The third-order valence-electron chi connectivity index (χ3n) is 2.13. The van der Waals surface area contributed by atoms with E-state index in [9.17, 15) is 0 Å². The van der Waals surface area contributed by atoms with Crippen molar-refractivity contribution in [3.63, 3.8) is 0 Å². The van der Waals surface area contributed by atoms with Crippen LogP contribution in [0.15, 0.2) is 24.3 Å². The predicted molar refractivity (Wildman–Crippen MR) is 57.3 cm³/mol. The maximum absolute atomic E-state index is 3.78. The molecule has 0 unspecified atom stereocenters. The molecule has 70 valence electrons. The van der Waals surface area contributed by atoms with Crippen LogP contribution in [0.2, 0.25) is 0 Å². The normalized spacial score (nSPS) is 11.7. The molecule has 0 aromatic heterocycles. The Morgan fingerprint density at radius 2 is 1.92 bits per heavy atom. The van der Waals surface area contributed by atoms with Gasteiger partial charge in [-0.3, -0.25) is 0 Å². The van der Waals surface area contributed by atoms with Crippen molar-refractivity contribution < 1.29 is 0 Å². The summed E-state index contributed by atoms with van der Waals surface area (Å²) in [4.78, 5) is 0. The first-order chi connectivity index (χ1) is 5.85. The van der Waals surface area contributed by atoms with Gasteiger partial charge < -0.3 is 0 Å². The van der Waals surface area contributed by atoms with Crippen LogP contribution >= 0.6 is 0 Å². The second-order valence-corrected chi connectivity index (χ2v) is 3.19. The van der Waals surface area contributed by atoms with Gasteiger partial charge in [0.1, 0.15) is 0 Å². The molecule has 0 N–H and O–H groups in total. The molecule has 0 aromatic rings. The summed E-state index contributed by atoms with van der Waals surface area (Å²) >= 11 is 0. The van der Waals surface area contributed by atoms with Gasteiger partial charge in [0.15, 0.2) is 0 Å². The number of rotatable bonds is 7. The SMILES string of the molecule is C=CC(=CCCCCCC)CC. The minimum Gasteiger partial charge on any atom is -0.0988 e. The molecule has 12 heavy (non-hydrogen) atoms. The Bertz CT molecular complexity index is 131. The molecule has 0 heterocycles. The van der Waals surface area contributed by atoms with E-state index in [1.807, 2.05) is 6.08 Å². The number of allylic oxidation sites excluding steroid dienone is 3. The van der Waals surface area contributed by atoms with Gasteiger partial charge in [0.2, 0.25) is 0 Å². The van der Waals surface area contributed by atoms with E-state index in [4.69, 9.17) is 0 Å². The second kappa shape index (κ2) is 8.58. The van der Waals surface area contributed by atoms with Crippen molar-refractivity contribution in [1.82, 2.24) is 0 Å². The van der Waals surface area contributed by atoms with Crippen LogP contribution in [0.5, 0.6) is 0 Å². The fraction of sp³-hybridized carbons (Fsp3) is 0.667. The standard InChI is InChI=1S/C12H22/c1-4-7-8-9-10-11-12(5-2)6-3/h5,11H,2,4,6-10H2,1,3H3. The molecule has 0 aromatic carbocycles. The number of hydrogen-bond acceptors (Lipinski definition) is 0. The Kier molecular flexibility index (Phi) is 8.20.